The van der Waals surface area contributed by atoms with Crippen molar-refractivity contribution < 1.29 is 14.5 Å². The molecule has 0 aliphatic rings. The molecule has 0 saturated carbocycles. The Hall–Kier alpha value is -1.91. The fourth-order valence-corrected chi connectivity index (χ4v) is 0.804. The van der Waals surface area contributed by atoms with Crippen LogP contribution in [0.1, 0.15) is 10.4 Å². The number of ether oxygens (including phenoxy) is 1. The summed E-state index contributed by atoms with van der Waals surface area (Å²) >= 11 is 0. The first kappa shape index (κ1) is 9.18. The smallest absolute Gasteiger partial charge is 0.338 e. The predicted octanol–water partition coefficient (Wildman–Crippen LogP) is 1.18. The maximum Gasteiger partial charge on any atom is 0.338 e. The zero-order valence-corrected chi connectivity index (χ0v) is 6.81. The van der Waals surface area contributed by atoms with Gasteiger partial charge in [-0.05, 0) is 12.1 Å². The summed E-state index contributed by atoms with van der Waals surface area (Å²) in [5, 5.41) is 10.3. The van der Waals surface area contributed by atoms with E-state index in [0.717, 1.165) is 6.07 Å². The van der Waals surface area contributed by atoms with Gasteiger partial charge >= 0.3 is 5.97 Å². The molecule has 0 bridgehead atoms. The molecule has 0 heterocycles. The molecule has 5 heteroatoms. The van der Waals surface area contributed by atoms with E-state index in [1.54, 1.807) is 0 Å². The number of methoxy groups -OCH3 is 1. The van der Waals surface area contributed by atoms with Crippen LogP contribution in [0.25, 0.3) is 0 Å². The lowest BCUT2D eigenvalue weighted by Gasteiger charge is -1.97. The highest BCUT2D eigenvalue weighted by Gasteiger charge is 2.11. The van der Waals surface area contributed by atoms with Crippen molar-refractivity contribution >= 4 is 11.7 Å². The van der Waals surface area contributed by atoms with E-state index < -0.39 is 10.9 Å². The molecule has 5 nitrogen and oxygen atoms in total. The molecule has 1 aromatic rings. The third-order valence-corrected chi connectivity index (χ3v) is 1.40. The van der Waals surface area contributed by atoms with E-state index in [1.165, 1.54) is 19.2 Å². The summed E-state index contributed by atoms with van der Waals surface area (Å²) in [6.45, 7) is 0. The van der Waals surface area contributed by atoms with Gasteiger partial charge in [0.1, 0.15) is 0 Å². The molecule has 0 amide bonds. The summed E-state index contributed by atoms with van der Waals surface area (Å²) in [7, 11) is 1.21. The largest absolute Gasteiger partial charge is 0.465 e. The standard InChI is InChI=1S/C8H6NO4/c1-13-8(10)6-3-2-4-7(5-6)9(11)12/h2-3,5H,1H3. The number of esters is 1. The summed E-state index contributed by atoms with van der Waals surface area (Å²) in [6, 6.07) is 6.21. The van der Waals surface area contributed by atoms with Crippen molar-refractivity contribution in [2.24, 2.45) is 0 Å². The second kappa shape index (κ2) is 3.66. The van der Waals surface area contributed by atoms with E-state index >= 15 is 0 Å². The lowest BCUT2D eigenvalue weighted by Crippen LogP contribution is -2.01. The second-order valence-corrected chi connectivity index (χ2v) is 2.21. The third kappa shape index (κ3) is 2.02. The first-order valence-corrected chi connectivity index (χ1v) is 3.39. The van der Waals surface area contributed by atoms with Crippen molar-refractivity contribution in [1.29, 1.82) is 0 Å². The first-order chi connectivity index (χ1) is 6.15. The summed E-state index contributed by atoms with van der Waals surface area (Å²) in [5.74, 6) is -0.600. The number of benzene rings is 1. The van der Waals surface area contributed by atoms with Crippen LogP contribution in [0.15, 0.2) is 18.2 Å². The SMILES string of the molecule is COC(=O)c1cc[c]c([N+](=O)[O-])c1. The van der Waals surface area contributed by atoms with Crippen LogP contribution in [-0.2, 0) is 4.74 Å². The molecule has 0 fully saturated rings. The van der Waals surface area contributed by atoms with Crippen LogP contribution in [0, 0.1) is 16.2 Å². The van der Waals surface area contributed by atoms with Crippen molar-refractivity contribution in [1.82, 2.24) is 0 Å². The second-order valence-electron chi connectivity index (χ2n) is 2.21. The van der Waals surface area contributed by atoms with Crippen LogP contribution in [0.2, 0.25) is 0 Å². The number of nitrogens with zero attached hydrogens (tertiary/aromatic N) is 1. The molecule has 0 N–H and O–H groups in total. The molecule has 1 aromatic carbocycles. The minimum Gasteiger partial charge on any atom is -0.465 e. The van der Waals surface area contributed by atoms with Gasteiger partial charge in [0.25, 0.3) is 5.69 Å². The molecular formula is C8H6NO4. The van der Waals surface area contributed by atoms with Crippen LogP contribution in [-0.4, -0.2) is 18.0 Å². The Kier molecular flexibility index (Phi) is 2.59. The Labute approximate surface area is 74.1 Å². The van der Waals surface area contributed by atoms with Crippen LogP contribution in [0.4, 0.5) is 5.69 Å². The Morgan fingerprint density at radius 2 is 2.38 bits per heavy atom. The highest BCUT2D eigenvalue weighted by atomic mass is 16.6. The van der Waals surface area contributed by atoms with Crippen molar-refractivity contribution in [3.8, 4) is 0 Å². The molecule has 1 radical (unpaired) electrons. The van der Waals surface area contributed by atoms with Gasteiger partial charge in [-0.15, -0.1) is 0 Å². The molecule has 0 saturated heterocycles. The molecule has 67 valence electrons. The number of non-ortho nitro benzene ring substituents is 1. The topological polar surface area (TPSA) is 69.4 Å². The van der Waals surface area contributed by atoms with E-state index in [1.807, 2.05) is 0 Å². The van der Waals surface area contributed by atoms with E-state index in [4.69, 9.17) is 0 Å². The summed E-state index contributed by atoms with van der Waals surface area (Å²) in [6.07, 6.45) is 0. The van der Waals surface area contributed by atoms with Gasteiger partial charge in [0.05, 0.1) is 23.7 Å². The summed E-state index contributed by atoms with van der Waals surface area (Å²) < 4.78 is 4.40. The number of rotatable bonds is 2. The van der Waals surface area contributed by atoms with Crippen molar-refractivity contribution in [2.45, 2.75) is 0 Å². The molecule has 0 aliphatic carbocycles. The maximum atomic E-state index is 10.9. The molecule has 0 spiro atoms. The quantitative estimate of drug-likeness (QED) is 0.389. The molecule has 13 heavy (non-hydrogen) atoms. The molecule has 0 unspecified atom stereocenters. The molecule has 0 aromatic heterocycles. The van der Waals surface area contributed by atoms with E-state index in [9.17, 15) is 14.9 Å². The Morgan fingerprint density at radius 1 is 1.69 bits per heavy atom. The van der Waals surface area contributed by atoms with Gasteiger partial charge in [0.15, 0.2) is 0 Å². The Balaban J connectivity index is 3.05. The molecule has 1 rings (SSSR count). The highest BCUT2D eigenvalue weighted by Crippen LogP contribution is 2.12. The van der Waals surface area contributed by atoms with Crippen LogP contribution < -0.4 is 0 Å². The van der Waals surface area contributed by atoms with E-state index in [-0.39, 0.29) is 11.3 Å². The van der Waals surface area contributed by atoms with Crippen LogP contribution >= 0.6 is 0 Å². The number of nitro benzene ring substituents is 1. The van der Waals surface area contributed by atoms with Crippen LogP contribution in [0.3, 0.4) is 0 Å². The van der Waals surface area contributed by atoms with Crippen molar-refractivity contribution in [3.63, 3.8) is 0 Å². The van der Waals surface area contributed by atoms with Gasteiger partial charge in [0.2, 0.25) is 0 Å². The zero-order chi connectivity index (χ0) is 9.84. The average Bonchev–Trinajstić information content (AvgIpc) is 2.17. The van der Waals surface area contributed by atoms with Gasteiger partial charge in [-0.2, -0.15) is 0 Å². The Morgan fingerprint density at radius 3 is 2.92 bits per heavy atom. The average molecular weight is 180 g/mol. The fraction of sp³-hybridized carbons (Fsp3) is 0.125. The Bertz CT molecular complexity index is 348. The number of hydrogen-bond acceptors (Lipinski definition) is 4. The van der Waals surface area contributed by atoms with Gasteiger partial charge in [-0.1, -0.05) is 0 Å². The van der Waals surface area contributed by atoms with Crippen LogP contribution in [0.5, 0.6) is 0 Å². The normalized spacial score (nSPS) is 9.31. The molecule has 0 atom stereocenters. The number of hydrogen-bond donors (Lipinski definition) is 0. The van der Waals surface area contributed by atoms with E-state index in [0.29, 0.717) is 0 Å². The van der Waals surface area contributed by atoms with Gasteiger partial charge in [-0.25, -0.2) is 4.79 Å². The minimum absolute atomic E-state index is 0.146. The van der Waals surface area contributed by atoms with Gasteiger partial charge in [0, 0.05) is 6.07 Å². The maximum absolute atomic E-state index is 10.9. The number of nitro groups is 1. The number of carbonyl (C=O) groups is 1. The molecular weight excluding hydrogens is 174 g/mol. The van der Waals surface area contributed by atoms with Gasteiger partial charge in [-0.3, -0.25) is 10.1 Å². The van der Waals surface area contributed by atoms with Crippen molar-refractivity contribution in [3.05, 3.63) is 39.9 Å². The summed E-state index contributed by atoms with van der Waals surface area (Å²) in [5.41, 5.74) is -0.101. The van der Waals surface area contributed by atoms with Gasteiger partial charge < -0.3 is 4.74 Å². The zero-order valence-electron chi connectivity index (χ0n) is 6.81. The van der Waals surface area contributed by atoms with E-state index in [2.05, 4.69) is 10.8 Å². The number of carbonyl (C=O) groups excluding carboxylic acids is 1. The lowest BCUT2D eigenvalue weighted by atomic mass is 10.2. The highest BCUT2D eigenvalue weighted by molar-refractivity contribution is 5.89. The fourth-order valence-electron chi connectivity index (χ4n) is 0.804. The predicted molar refractivity (Wildman–Crippen MR) is 43.3 cm³/mol. The minimum atomic E-state index is -0.619. The lowest BCUT2D eigenvalue weighted by molar-refractivity contribution is -0.385. The summed E-state index contributed by atoms with van der Waals surface area (Å²) in [4.78, 5) is 20.6. The van der Waals surface area contributed by atoms with Crippen molar-refractivity contribution in [2.75, 3.05) is 7.11 Å². The third-order valence-electron chi connectivity index (χ3n) is 1.40. The monoisotopic (exact) mass is 180 g/mol. The molecule has 0 aliphatic heterocycles. The first-order valence-electron chi connectivity index (χ1n) is 3.39.